The van der Waals surface area contributed by atoms with Gasteiger partial charge in [-0.25, -0.2) is 9.78 Å². The van der Waals surface area contributed by atoms with E-state index >= 15 is 0 Å². The minimum Gasteiger partial charge on any atom is -0.465 e. The Balaban J connectivity index is 1.76. The van der Waals surface area contributed by atoms with Gasteiger partial charge >= 0.3 is 12.1 Å². The van der Waals surface area contributed by atoms with Gasteiger partial charge in [0, 0.05) is 29.5 Å². The molecule has 3 rings (SSSR count). The first kappa shape index (κ1) is 23.1. The number of alkyl carbamates (subject to hydrolysis) is 1. The number of ether oxygens (including phenoxy) is 2. The van der Waals surface area contributed by atoms with E-state index in [0.29, 0.717) is 19.0 Å². The van der Waals surface area contributed by atoms with Gasteiger partial charge in [0.2, 0.25) is 0 Å². The molecular weight excluding hydrogens is 408 g/mol. The number of nitrogens with one attached hydrogen (secondary N) is 2. The molecule has 8 heteroatoms. The average Bonchev–Trinajstić information content (AvgIpc) is 3.09. The topological polar surface area (TPSA) is 94.5 Å². The van der Waals surface area contributed by atoms with Crippen LogP contribution in [0.15, 0.2) is 42.6 Å². The van der Waals surface area contributed by atoms with Gasteiger partial charge in [0.1, 0.15) is 18.0 Å². The van der Waals surface area contributed by atoms with Gasteiger partial charge in [-0.15, -0.1) is 0 Å². The van der Waals surface area contributed by atoms with Crippen LogP contribution in [0.25, 0.3) is 10.9 Å². The zero-order valence-corrected chi connectivity index (χ0v) is 19.2. The van der Waals surface area contributed by atoms with Crippen molar-refractivity contribution in [2.45, 2.75) is 53.3 Å². The van der Waals surface area contributed by atoms with E-state index in [-0.39, 0.29) is 12.5 Å². The number of rotatable bonds is 7. The summed E-state index contributed by atoms with van der Waals surface area (Å²) in [5.41, 5.74) is 2.96. The monoisotopic (exact) mass is 438 g/mol. The van der Waals surface area contributed by atoms with Crippen molar-refractivity contribution in [3.63, 3.8) is 0 Å². The number of hydrogen-bond acceptors (Lipinski definition) is 6. The van der Waals surface area contributed by atoms with E-state index in [1.807, 2.05) is 74.9 Å². The second-order valence-corrected chi connectivity index (χ2v) is 8.47. The Hall–Kier alpha value is -3.55. The number of aryl methyl sites for hydroxylation is 1. The van der Waals surface area contributed by atoms with E-state index in [9.17, 15) is 9.59 Å². The molecule has 0 atom stereocenters. The minimum atomic E-state index is -0.548. The van der Waals surface area contributed by atoms with Crippen LogP contribution in [0.2, 0.25) is 0 Å². The maximum Gasteiger partial charge on any atom is 0.407 e. The van der Waals surface area contributed by atoms with Gasteiger partial charge in [-0.3, -0.25) is 4.79 Å². The van der Waals surface area contributed by atoms with Gasteiger partial charge in [-0.1, -0.05) is 6.07 Å². The Morgan fingerprint density at radius 1 is 1.16 bits per heavy atom. The predicted molar refractivity (Wildman–Crippen MR) is 124 cm³/mol. The number of amides is 1. The Labute approximate surface area is 187 Å². The lowest BCUT2D eigenvalue weighted by atomic mass is 10.2. The lowest BCUT2D eigenvalue weighted by Gasteiger charge is -2.19. The Morgan fingerprint density at radius 3 is 2.66 bits per heavy atom. The molecule has 3 aromatic rings. The van der Waals surface area contributed by atoms with Crippen molar-refractivity contribution in [2.75, 3.05) is 11.9 Å². The number of esters is 1. The van der Waals surface area contributed by atoms with Gasteiger partial charge in [0.05, 0.1) is 12.1 Å². The fourth-order valence-corrected chi connectivity index (χ4v) is 3.35. The first-order valence-corrected chi connectivity index (χ1v) is 10.6. The largest absolute Gasteiger partial charge is 0.465 e. The van der Waals surface area contributed by atoms with Crippen LogP contribution >= 0.6 is 0 Å². The van der Waals surface area contributed by atoms with E-state index in [4.69, 9.17) is 9.47 Å². The highest BCUT2D eigenvalue weighted by molar-refractivity contribution is 5.94. The second-order valence-electron chi connectivity index (χ2n) is 8.47. The van der Waals surface area contributed by atoms with Crippen LogP contribution in [0.5, 0.6) is 0 Å². The van der Waals surface area contributed by atoms with Crippen LogP contribution in [0, 0.1) is 6.92 Å². The number of nitrogens with zero attached hydrogens (tertiary/aromatic N) is 2. The van der Waals surface area contributed by atoms with Crippen molar-refractivity contribution in [1.29, 1.82) is 0 Å². The summed E-state index contributed by atoms with van der Waals surface area (Å²) in [4.78, 5) is 28.4. The molecule has 1 aromatic carbocycles. The molecule has 0 bridgehead atoms. The van der Waals surface area contributed by atoms with Crippen molar-refractivity contribution in [3.05, 3.63) is 53.9 Å². The fraction of sp³-hybridized carbons (Fsp3) is 0.375. The molecule has 0 aliphatic carbocycles. The molecule has 2 N–H and O–H groups in total. The molecule has 0 spiro atoms. The van der Waals surface area contributed by atoms with E-state index in [1.165, 1.54) is 0 Å². The zero-order valence-electron chi connectivity index (χ0n) is 19.2. The highest BCUT2D eigenvalue weighted by Gasteiger charge is 2.16. The first-order valence-electron chi connectivity index (χ1n) is 10.6. The quantitative estimate of drug-likeness (QED) is 0.520. The summed E-state index contributed by atoms with van der Waals surface area (Å²) in [6, 6.07) is 11.6. The summed E-state index contributed by atoms with van der Waals surface area (Å²) in [6.07, 6.45) is 1.40. The average molecular weight is 439 g/mol. The molecule has 32 heavy (non-hydrogen) atoms. The summed E-state index contributed by atoms with van der Waals surface area (Å²) in [7, 11) is 0. The SMILES string of the molecule is CCOC(=O)Cn1ccc2c(Nc3cc(CNC(=O)OC(C)(C)C)cc(C)n3)cccc21. The summed E-state index contributed by atoms with van der Waals surface area (Å²) >= 11 is 0. The number of anilines is 2. The fourth-order valence-electron chi connectivity index (χ4n) is 3.35. The Bertz CT molecular complexity index is 1110. The lowest BCUT2D eigenvalue weighted by molar-refractivity contribution is -0.143. The third-order valence-electron chi connectivity index (χ3n) is 4.53. The van der Waals surface area contributed by atoms with Crippen molar-refractivity contribution < 1.29 is 19.1 Å². The minimum absolute atomic E-state index is 0.157. The number of hydrogen-bond donors (Lipinski definition) is 2. The molecule has 0 aliphatic heterocycles. The molecule has 2 aromatic heterocycles. The van der Waals surface area contributed by atoms with Gasteiger partial charge in [0.15, 0.2) is 0 Å². The van der Waals surface area contributed by atoms with Crippen molar-refractivity contribution >= 4 is 34.5 Å². The number of aromatic nitrogens is 2. The highest BCUT2D eigenvalue weighted by atomic mass is 16.6. The van der Waals surface area contributed by atoms with Gasteiger partial charge in [-0.05, 0) is 70.5 Å². The molecule has 0 saturated heterocycles. The van der Waals surface area contributed by atoms with Crippen LogP contribution in [-0.4, -0.2) is 33.8 Å². The van der Waals surface area contributed by atoms with Crippen LogP contribution in [0.3, 0.4) is 0 Å². The zero-order chi connectivity index (χ0) is 23.3. The molecule has 8 nitrogen and oxygen atoms in total. The van der Waals surface area contributed by atoms with E-state index in [1.54, 1.807) is 6.92 Å². The standard InChI is InChI=1S/C24H30N4O4/c1-6-31-22(29)15-28-11-10-18-19(8-7-9-20(18)28)27-21-13-17(12-16(2)26-21)14-25-23(30)32-24(3,4)5/h7-13H,6,14-15H2,1-5H3,(H,25,30)(H,26,27). The van der Waals surface area contributed by atoms with E-state index < -0.39 is 11.7 Å². The third-order valence-corrected chi connectivity index (χ3v) is 4.53. The molecule has 0 saturated carbocycles. The number of fused-ring (bicyclic) bond motifs is 1. The van der Waals surface area contributed by atoms with Crippen LogP contribution in [0.1, 0.15) is 39.0 Å². The molecule has 0 unspecified atom stereocenters. The normalized spacial score (nSPS) is 11.3. The summed E-state index contributed by atoms with van der Waals surface area (Å²) in [5.74, 6) is 0.391. The van der Waals surface area contributed by atoms with Gasteiger partial charge in [-0.2, -0.15) is 0 Å². The van der Waals surface area contributed by atoms with Gasteiger partial charge < -0.3 is 24.7 Å². The van der Waals surface area contributed by atoms with Crippen molar-refractivity contribution in [2.24, 2.45) is 0 Å². The van der Waals surface area contributed by atoms with Gasteiger partial charge in [0.25, 0.3) is 0 Å². The smallest absolute Gasteiger partial charge is 0.407 e. The third kappa shape index (κ3) is 6.23. The summed E-state index contributed by atoms with van der Waals surface area (Å²) < 4.78 is 12.2. The molecule has 170 valence electrons. The Morgan fingerprint density at radius 2 is 1.94 bits per heavy atom. The maximum atomic E-state index is 12.0. The summed E-state index contributed by atoms with van der Waals surface area (Å²) in [5, 5.41) is 7.10. The molecule has 0 aliphatic rings. The molecule has 1 amide bonds. The molecule has 0 fully saturated rings. The number of pyridine rings is 1. The summed E-state index contributed by atoms with van der Waals surface area (Å²) in [6.45, 7) is 10.0. The first-order chi connectivity index (χ1) is 15.1. The van der Waals surface area contributed by atoms with Crippen LogP contribution in [0.4, 0.5) is 16.3 Å². The maximum absolute atomic E-state index is 12.0. The van der Waals surface area contributed by atoms with E-state index in [0.717, 1.165) is 27.8 Å². The number of benzene rings is 1. The second kappa shape index (κ2) is 9.72. The van der Waals surface area contributed by atoms with E-state index in [2.05, 4.69) is 15.6 Å². The van der Waals surface area contributed by atoms with Crippen molar-refractivity contribution in [1.82, 2.24) is 14.9 Å². The Kier molecular flexibility index (Phi) is 7.02. The number of carbonyl (C=O) groups excluding carboxylic acids is 2. The van der Waals surface area contributed by atoms with Crippen molar-refractivity contribution in [3.8, 4) is 0 Å². The molecular formula is C24H30N4O4. The van der Waals surface area contributed by atoms with Crippen LogP contribution < -0.4 is 10.6 Å². The number of carbonyl (C=O) groups is 2. The van der Waals surface area contributed by atoms with Crippen LogP contribution in [-0.2, 0) is 27.4 Å². The predicted octanol–water partition coefficient (Wildman–Crippen LogP) is 4.68. The highest BCUT2D eigenvalue weighted by Crippen LogP contribution is 2.27. The molecule has 2 heterocycles. The lowest BCUT2D eigenvalue weighted by Crippen LogP contribution is -2.32. The molecule has 0 radical (unpaired) electrons.